The molecule has 2 N–H and O–H groups in total. The van der Waals surface area contributed by atoms with E-state index in [2.05, 4.69) is 15.4 Å². The lowest BCUT2D eigenvalue weighted by atomic mass is 10.1. The van der Waals surface area contributed by atoms with Gasteiger partial charge in [0.1, 0.15) is 6.42 Å². The Hall–Kier alpha value is -2.86. The molecule has 0 bridgehead atoms. The van der Waals surface area contributed by atoms with Crippen molar-refractivity contribution in [1.82, 2.24) is 5.32 Å². The van der Waals surface area contributed by atoms with Crippen molar-refractivity contribution in [2.24, 2.45) is 0 Å². The van der Waals surface area contributed by atoms with Crippen molar-refractivity contribution >= 4 is 35.1 Å². The monoisotopic (exact) mass is 374 g/mol. The smallest absolute Gasteiger partial charge is 0.337 e. The van der Waals surface area contributed by atoms with E-state index < -0.39 is 11.9 Å². The Balaban J connectivity index is 1.74. The molecule has 0 aliphatic carbocycles. The zero-order valence-corrected chi connectivity index (χ0v) is 15.0. The number of hydrogen-bond acceptors (Lipinski definition) is 4. The fourth-order valence-electron chi connectivity index (χ4n) is 2.26. The van der Waals surface area contributed by atoms with Gasteiger partial charge < -0.3 is 15.4 Å². The normalized spacial score (nSPS) is 10.1. The minimum atomic E-state index is -0.457. The Morgan fingerprint density at radius 2 is 1.77 bits per heavy atom. The van der Waals surface area contributed by atoms with E-state index in [4.69, 9.17) is 11.6 Å². The number of carbonyl (C=O) groups excluding carboxylic acids is 3. The van der Waals surface area contributed by atoms with Crippen molar-refractivity contribution in [2.75, 3.05) is 19.0 Å². The molecular formula is C19H19ClN2O4. The van der Waals surface area contributed by atoms with Gasteiger partial charge in [-0.15, -0.1) is 0 Å². The second kappa shape index (κ2) is 9.58. The van der Waals surface area contributed by atoms with Crippen LogP contribution in [0.25, 0.3) is 0 Å². The molecule has 0 aliphatic rings. The van der Waals surface area contributed by atoms with Crippen LogP contribution < -0.4 is 10.6 Å². The Morgan fingerprint density at radius 1 is 1.04 bits per heavy atom. The Labute approximate surface area is 156 Å². The number of ether oxygens (including phenoxy) is 1. The molecule has 0 atom stereocenters. The van der Waals surface area contributed by atoms with Gasteiger partial charge in [-0.3, -0.25) is 9.59 Å². The van der Waals surface area contributed by atoms with Crippen LogP contribution >= 0.6 is 11.6 Å². The van der Waals surface area contributed by atoms with Crippen LogP contribution in [-0.4, -0.2) is 31.4 Å². The van der Waals surface area contributed by atoms with Gasteiger partial charge in [-0.25, -0.2) is 4.79 Å². The first-order chi connectivity index (χ1) is 12.5. The lowest BCUT2D eigenvalue weighted by Gasteiger charge is -2.07. The lowest BCUT2D eigenvalue weighted by Crippen LogP contribution is -2.29. The molecule has 0 aromatic heterocycles. The average molecular weight is 375 g/mol. The number of amides is 2. The summed E-state index contributed by atoms with van der Waals surface area (Å²) in [5.41, 5.74) is 1.88. The number of methoxy groups -OCH3 is 1. The van der Waals surface area contributed by atoms with E-state index in [1.807, 2.05) is 18.2 Å². The summed E-state index contributed by atoms with van der Waals surface area (Å²) in [5, 5.41) is 5.94. The number of rotatable bonds is 7. The van der Waals surface area contributed by atoms with Crippen molar-refractivity contribution in [1.29, 1.82) is 0 Å². The molecule has 0 fully saturated rings. The second-order valence-corrected chi connectivity index (χ2v) is 5.96. The molecule has 7 heteroatoms. The van der Waals surface area contributed by atoms with Gasteiger partial charge in [0.05, 0.1) is 12.7 Å². The summed E-state index contributed by atoms with van der Waals surface area (Å²) in [4.78, 5) is 35.1. The number of nitrogens with one attached hydrogen (secondary N) is 2. The summed E-state index contributed by atoms with van der Waals surface area (Å²) in [6.45, 7) is 0.417. The Bertz CT molecular complexity index is 790. The van der Waals surface area contributed by atoms with Gasteiger partial charge in [0.15, 0.2) is 0 Å². The van der Waals surface area contributed by atoms with Crippen molar-refractivity contribution in [3.05, 3.63) is 64.7 Å². The van der Waals surface area contributed by atoms with Crippen LogP contribution in [0.2, 0.25) is 5.02 Å². The highest BCUT2D eigenvalue weighted by molar-refractivity contribution is 6.30. The molecule has 2 amide bonds. The summed E-state index contributed by atoms with van der Waals surface area (Å²) >= 11 is 5.90. The number of hydrogen-bond donors (Lipinski definition) is 2. The molecule has 0 saturated carbocycles. The summed E-state index contributed by atoms with van der Waals surface area (Å²) in [5.74, 6) is -1.26. The molecule has 0 heterocycles. The minimum absolute atomic E-state index is 0.283. The Morgan fingerprint density at radius 3 is 2.42 bits per heavy atom. The molecule has 2 aromatic carbocycles. The summed E-state index contributed by atoms with van der Waals surface area (Å²) in [7, 11) is 1.29. The first-order valence-corrected chi connectivity index (χ1v) is 8.35. The molecule has 136 valence electrons. The van der Waals surface area contributed by atoms with Crippen LogP contribution in [0, 0.1) is 0 Å². The molecule has 0 radical (unpaired) electrons. The van der Waals surface area contributed by atoms with Crippen LogP contribution in [0.5, 0.6) is 0 Å². The number of halogens is 1. The third-order valence-corrected chi connectivity index (χ3v) is 3.77. The predicted molar refractivity (Wildman–Crippen MR) is 99.2 cm³/mol. The summed E-state index contributed by atoms with van der Waals surface area (Å²) in [6, 6.07) is 13.6. The van der Waals surface area contributed by atoms with Gasteiger partial charge in [0.25, 0.3) is 0 Å². The topological polar surface area (TPSA) is 84.5 Å². The fourth-order valence-corrected chi connectivity index (χ4v) is 2.47. The van der Waals surface area contributed by atoms with Gasteiger partial charge >= 0.3 is 5.97 Å². The van der Waals surface area contributed by atoms with E-state index >= 15 is 0 Å². The molecular weight excluding hydrogens is 356 g/mol. The van der Waals surface area contributed by atoms with Gasteiger partial charge in [0, 0.05) is 17.3 Å². The van der Waals surface area contributed by atoms with Gasteiger partial charge in [-0.1, -0.05) is 23.7 Å². The summed E-state index contributed by atoms with van der Waals surface area (Å²) < 4.78 is 4.60. The number of esters is 1. The van der Waals surface area contributed by atoms with Crippen molar-refractivity contribution in [3.8, 4) is 0 Å². The third kappa shape index (κ3) is 6.22. The molecule has 2 rings (SSSR count). The molecule has 6 nitrogen and oxygen atoms in total. The first kappa shape index (κ1) is 19.5. The molecule has 26 heavy (non-hydrogen) atoms. The number of benzene rings is 2. The number of anilines is 1. The maximum Gasteiger partial charge on any atom is 0.337 e. The van der Waals surface area contributed by atoms with Gasteiger partial charge in [-0.05, 0) is 48.4 Å². The highest BCUT2D eigenvalue weighted by Crippen LogP contribution is 2.11. The average Bonchev–Trinajstić information content (AvgIpc) is 2.61. The maximum absolute atomic E-state index is 11.9. The second-order valence-electron chi connectivity index (χ2n) is 5.52. The predicted octanol–water partition coefficient (Wildman–Crippen LogP) is 2.81. The molecule has 0 saturated heterocycles. The van der Waals surface area contributed by atoms with E-state index in [1.54, 1.807) is 18.2 Å². The minimum Gasteiger partial charge on any atom is -0.465 e. The molecule has 0 unspecified atom stereocenters. The van der Waals surface area contributed by atoms with Gasteiger partial charge in [-0.2, -0.15) is 0 Å². The number of carbonyl (C=O) groups is 3. The SMILES string of the molecule is COC(=O)c1ccc(NC(=O)CC(=O)NCCc2cccc(Cl)c2)cc1. The molecule has 2 aromatic rings. The summed E-state index contributed by atoms with van der Waals surface area (Å²) in [6.07, 6.45) is 0.344. The van der Waals surface area contributed by atoms with Crippen LogP contribution in [0.3, 0.4) is 0 Å². The van der Waals surface area contributed by atoms with E-state index in [1.165, 1.54) is 19.2 Å². The third-order valence-electron chi connectivity index (χ3n) is 3.54. The van der Waals surface area contributed by atoms with Gasteiger partial charge in [0.2, 0.25) is 11.8 Å². The highest BCUT2D eigenvalue weighted by Gasteiger charge is 2.10. The maximum atomic E-state index is 11.9. The zero-order valence-electron chi connectivity index (χ0n) is 14.3. The van der Waals surface area contributed by atoms with Crippen LogP contribution in [-0.2, 0) is 20.7 Å². The largest absolute Gasteiger partial charge is 0.465 e. The van der Waals surface area contributed by atoms with Crippen molar-refractivity contribution in [2.45, 2.75) is 12.8 Å². The molecule has 0 spiro atoms. The first-order valence-electron chi connectivity index (χ1n) is 7.97. The Kier molecular flexibility index (Phi) is 7.17. The van der Waals surface area contributed by atoms with Crippen LogP contribution in [0.1, 0.15) is 22.3 Å². The van der Waals surface area contributed by atoms with Crippen molar-refractivity contribution < 1.29 is 19.1 Å². The van der Waals surface area contributed by atoms with Crippen molar-refractivity contribution in [3.63, 3.8) is 0 Å². The lowest BCUT2D eigenvalue weighted by molar-refractivity contribution is -0.126. The van der Waals surface area contributed by atoms with E-state index in [-0.39, 0.29) is 12.3 Å². The quantitative estimate of drug-likeness (QED) is 0.576. The van der Waals surface area contributed by atoms with E-state index in [9.17, 15) is 14.4 Å². The standard InChI is InChI=1S/C19H19ClN2O4/c1-26-19(25)14-5-7-16(8-6-14)22-18(24)12-17(23)21-10-9-13-3-2-4-15(20)11-13/h2-8,11H,9-10,12H2,1H3,(H,21,23)(H,22,24). The van der Waals surface area contributed by atoms with Crippen LogP contribution in [0.15, 0.2) is 48.5 Å². The van der Waals surface area contributed by atoms with E-state index in [0.29, 0.717) is 29.2 Å². The van der Waals surface area contributed by atoms with E-state index in [0.717, 1.165) is 5.56 Å². The molecule has 0 aliphatic heterocycles. The fraction of sp³-hybridized carbons (Fsp3) is 0.211. The highest BCUT2D eigenvalue weighted by atomic mass is 35.5. The van der Waals surface area contributed by atoms with Crippen LogP contribution in [0.4, 0.5) is 5.69 Å². The zero-order chi connectivity index (χ0) is 18.9.